The van der Waals surface area contributed by atoms with Crippen LogP contribution in [0.4, 0.5) is 0 Å². The fraction of sp³-hybridized carbons (Fsp3) is 0.176. The van der Waals surface area contributed by atoms with Gasteiger partial charge in [-0.25, -0.2) is 4.68 Å². The lowest BCUT2D eigenvalue weighted by Crippen LogP contribution is -2.06. The topological polar surface area (TPSA) is 56.7 Å². The monoisotopic (exact) mass is 312 g/mol. The molecule has 0 amide bonds. The van der Waals surface area contributed by atoms with Gasteiger partial charge in [-0.3, -0.25) is 0 Å². The largest absolute Gasteiger partial charge is 0.325 e. The fourth-order valence-corrected chi connectivity index (χ4v) is 2.64. The second-order valence-corrected chi connectivity index (χ2v) is 5.62. The van der Waals surface area contributed by atoms with Gasteiger partial charge in [0.1, 0.15) is 5.69 Å². The number of aryl methyl sites for hydroxylation is 1. The first-order valence-corrected chi connectivity index (χ1v) is 7.49. The lowest BCUT2D eigenvalue weighted by Gasteiger charge is -2.10. The van der Waals surface area contributed by atoms with Gasteiger partial charge in [-0.1, -0.05) is 64.8 Å². The van der Waals surface area contributed by atoms with Crippen LogP contribution in [0, 0.1) is 6.92 Å². The Morgan fingerprint density at radius 1 is 1.09 bits per heavy atom. The van der Waals surface area contributed by atoms with E-state index < -0.39 is 0 Å². The van der Waals surface area contributed by atoms with Crippen LogP contribution in [0.25, 0.3) is 11.3 Å². The first-order valence-electron chi connectivity index (χ1n) is 7.12. The minimum absolute atomic E-state index is 0.328. The average molecular weight is 313 g/mol. The number of rotatable bonds is 4. The van der Waals surface area contributed by atoms with Crippen molar-refractivity contribution >= 4 is 11.6 Å². The van der Waals surface area contributed by atoms with Gasteiger partial charge in [0.15, 0.2) is 0 Å². The molecule has 0 atom stereocenters. The van der Waals surface area contributed by atoms with Crippen molar-refractivity contribution in [1.82, 2.24) is 15.0 Å². The molecule has 2 N–H and O–H groups in total. The Morgan fingerprint density at radius 2 is 1.82 bits per heavy atom. The zero-order chi connectivity index (χ0) is 15.5. The van der Waals surface area contributed by atoms with E-state index in [1.807, 2.05) is 28.9 Å². The first kappa shape index (κ1) is 14.8. The van der Waals surface area contributed by atoms with Gasteiger partial charge in [0.2, 0.25) is 0 Å². The van der Waals surface area contributed by atoms with Gasteiger partial charge < -0.3 is 5.73 Å². The van der Waals surface area contributed by atoms with E-state index in [0.29, 0.717) is 18.1 Å². The van der Waals surface area contributed by atoms with Crippen molar-refractivity contribution < 1.29 is 0 Å². The number of aromatic nitrogens is 3. The molecule has 112 valence electrons. The Morgan fingerprint density at radius 3 is 2.50 bits per heavy atom. The smallest absolute Gasteiger partial charge is 0.104 e. The highest BCUT2D eigenvalue weighted by molar-refractivity contribution is 6.33. The SMILES string of the molecule is Cc1ccc(Cn2nnc(CN)c2-c2ccccc2Cl)cc1. The molecule has 0 radical (unpaired) electrons. The Labute approximate surface area is 134 Å². The zero-order valence-corrected chi connectivity index (χ0v) is 13.1. The molecule has 1 heterocycles. The minimum atomic E-state index is 0.328. The van der Waals surface area contributed by atoms with Crippen molar-refractivity contribution in [2.45, 2.75) is 20.0 Å². The number of benzene rings is 2. The standard InChI is InChI=1S/C17H17ClN4/c1-12-6-8-13(9-7-12)11-22-17(16(10-19)20-21-22)14-4-2-3-5-15(14)18/h2-9H,10-11,19H2,1H3. The molecule has 4 nitrogen and oxygen atoms in total. The van der Waals surface area contributed by atoms with Crippen molar-refractivity contribution in [3.63, 3.8) is 0 Å². The van der Waals surface area contributed by atoms with Crippen molar-refractivity contribution in [2.24, 2.45) is 5.73 Å². The highest BCUT2D eigenvalue weighted by atomic mass is 35.5. The summed E-state index contributed by atoms with van der Waals surface area (Å²) in [6.07, 6.45) is 0. The van der Waals surface area contributed by atoms with E-state index in [4.69, 9.17) is 17.3 Å². The number of hydrogen-bond acceptors (Lipinski definition) is 3. The van der Waals surface area contributed by atoms with Crippen LogP contribution < -0.4 is 5.73 Å². The van der Waals surface area contributed by atoms with Crippen LogP contribution >= 0.6 is 11.6 Å². The highest BCUT2D eigenvalue weighted by Crippen LogP contribution is 2.29. The molecule has 0 fully saturated rings. The molecule has 3 rings (SSSR count). The third-order valence-corrected chi connectivity index (χ3v) is 3.91. The summed E-state index contributed by atoms with van der Waals surface area (Å²) in [5.41, 5.74) is 10.7. The number of hydrogen-bond donors (Lipinski definition) is 1. The molecule has 0 unspecified atom stereocenters. The van der Waals surface area contributed by atoms with Gasteiger partial charge in [0.25, 0.3) is 0 Å². The predicted octanol–water partition coefficient (Wildman–Crippen LogP) is 3.41. The lowest BCUT2D eigenvalue weighted by molar-refractivity contribution is 0.654. The molecule has 0 aliphatic rings. The summed E-state index contributed by atoms with van der Waals surface area (Å²) in [5, 5.41) is 9.12. The van der Waals surface area contributed by atoms with Crippen molar-refractivity contribution in [2.75, 3.05) is 0 Å². The Bertz CT molecular complexity index is 778. The molecule has 0 spiro atoms. The molecule has 22 heavy (non-hydrogen) atoms. The van der Waals surface area contributed by atoms with Gasteiger partial charge in [0.05, 0.1) is 17.3 Å². The van der Waals surface area contributed by atoms with E-state index >= 15 is 0 Å². The fourth-order valence-electron chi connectivity index (χ4n) is 2.41. The summed E-state index contributed by atoms with van der Waals surface area (Å²) in [6.45, 7) is 3.03. The van der Waals surface area contributed by atoms with Gasteiger partial charge in [-0.05, 0) is 18.6 Å². The zero-order valence-electron chi connectivity index (χ0n) is 12.3. The molecule has 0 bridgehead atoms. The molecule has 0 aliphatic carbocycles. The summed E-state index contributed by atoms with van der Waals surface area (Å²) < 4.78 is 1.86. The second kappa shape index (κ2) is 6.30. The molecule has 0 saturated carbocycles. The molecule has 3 aromatic rings. The molecule has 2 aromatic carbocycles. The molecular formula is C17H17ClN4. The summed E-state index contributed by atoms with van der Waals surface area (Å²) in [5.74, 6) is 0. The van der Waals surface area contributed by atoms with Crippen molar-refractivity contribution in [3.8, 4) is 11.3 Å². The predicted molar refractivity (Wildman–Crippen MR) is 88.6 cm³/mol. The summed E-state index contributed by atoms with van der Waals surface area (Å²) in [4.78, 5) is 0. The lowest BCUT2D eigenvalue weighted by atomic mass is 10.1. The molecule has 0 aliphatic heterocycles. The van der Waals surface area contributed by atoms with E-state index in [1.54, 1.807) is 0 Å². The van der Waals surface area contributed by atoms with Crippen molar-refractivity contribution in [1.29, 1.82) is 0 Å². The molecule has 1 aromatic heterocycles. The quantitative estimate of drug-likeness (QED) is 0.803. The van der Waals surface area contributed by atoms with Crippen LogP contribution in [0.2, 0.25) is 5.02 Å². The number of nitrogens with two attached hydrogens (primary N) is 1. The van der Waals surface area contributed by atoms with Crippen molar-refractivity contribution in [3.05, 3.63) is 70.4 Å². The van der Waals surface area contributed by atoms with Crippen LogP contribution in [0.3, 0.4) is 0 Å². The van der Waals surface area contributed by atoms with E-state index in [2.05, 4.69) is 41.5 Å². The van der Waals surface area contributed by atoms with Crippen LogP contribution in [0.15, 0.2) is 48.5 Å². The van der Waals surface area contributed by atoms with Gasteiger partial charge in [-0.2, -0.15) is 0 Å². The van der Waals surface area contributed by atoms with E-state index in [9.17, 15) is 0 Å². The Balaban J connectivity index is 2.04. The van der Waals surface area contributed by atoms with E-state index in [1.165, 1.54) is 5.56 Å². The number of nitrogens with zero attached hydrogens (tertiary/aromatic N) is 3. The van der Waals surface area contributed by atoms with Crippen LogP contribution in [-0.4, -0.2) is 15.0 Å². The maximum Gasteiger partial charge on any atom is 0.104 e. The minimum Gasteiger partial charge on any atom is -0.325 e. The average Bonchev–Trinajstić information content (AvgIpc) is 2.93. The van der Waals surface area contributed by atoms with Crippen LogP contribution in [-0.2, 0) is 13.1 Å². The highest BCUT2D eigenvalue weighted by Gasteiger charge is 2.16. The number of halogens is 1. The van der Waals surface area contributed by atoms with E-state index in [0.717, 1.165) is 22.5 Å². The molecule has 5 heteroatoms. The summed E-state index contributed by atoms with van der Waals surface area (Å²) >= 11 is 6.33. The van der Waals surface area contributed by atoms with Crippen LogP contribution in [0.5, 0.6) is 0 Å². The Kier molecular flexibility index (Phi) is 4.22. The van der Waals surface area contributed by atoms with Gasteiger partial charge in [0, 0.05) is 12.1 Å². The summed E-state index contributed by atoms with van der Waals surface area (Å²) in [6, 6.07) is 16.0. The van der Waals surface area contributed by atoms with E-state index in [-0.39, 0.29) is 0 Å². The Hall–Kier alpha value is -2.17. The van der Waals surface area contributed by atoms with Gasteiger partial charge in [-0.15, -0.1) is 5.10 Å². The molecular weight excluding hydrogens is 296 g/mol. The third-order valence-electron chi connectivity index (χ3n) is 3.58. The summed E-state index contributed by atoms with van der Waals surface area (Å²) in [7, 11) is 0. The second-order valence-electron chi connectivity index (χ2n) is 5.21. The maximum atomic E-state index is 6.33. The third kappa shape index (κ3) is 2.89. The maximum absolute atomic E-state index is 6.33. The molecule has 0 saturated heterocycles. The normalized spacial score (nSPS) is 10.9. The van der Waals surface area contributed by atoms with Crippen LogP contribution in [0.1, 0.15) is 16.8 Å². The van der Waals surface area contributed by atoms with Gasteiger partial charge >= 0.3 is 0 Å². The first-order chi connectivity index (χ1) is 10.7.